The normalized spacial score (nSPS) is 19.0. The Morgan fingerprint density at radius 2 is 2.10 bits per heavy atom. The summed E-state index contributed by atoms with van der Waals surface area (Å²) in [5.41, 5.74) is 5.92. The number of ether oxygens (including phenoxy) is 2. The molecule has 1 aromatic rings. The van der Waals surface area contributed by atoms with Crippen LogP contribution in [0.15, 0.2) is 24.3 Å². The molecule has 0 aliphatic heterocycles. The van der Waals surface area contributed by atoms with Crippen LogP contribution in [0, 0.1) is 5.92 Å². The molecule has 0 spiro atoms. The van der Waals surface area contributed by atoms with Gasteiger partial charge in [-0.2, -0.15) is 0 Å². The molecule has 0 saturated heterocycles. The summed E-state index contributed by atoms with van der Waals surface area (Å²) in [5, 5.41) is 14.5. The minimum Gasteiger partial charge on any atom is -0.491 e. The zero-order chi connectivity index (χ0) is 21.9. The number of amides is 2. The van der Waals surface area contributed by atoms with Crippen LogP contribution in [0.2, 0.25) is 0 Å². The van der Waals surface area contributed by atoms with E-state index in [1.54, 1.807) is 24.3 Å². The van der Waals surface area contributed by atoms with Crippen LogP contribution in [0.5, 0.6) is 5.75 Å². The van der Waals surface area contributed by atoms with E-state index in [1.165, 1.54) is 7.11 Å². The summed E-state index contributed by atoms with van der Waals surface area (Å²) in [4.78, 5) is 37.5. The Morgan fingerprint density at radius 1 is 1.30 bits per heavy atom. The maximum atomic E-state index is 12.9. The Kier molecular flexibility index (Phi) is 9.56. The van der Waals surface area contributed by atoms with Gasteiger partial charge in [0, 0.05) is 11.6 Å². The number of carbonyl (C=O) groups excluding carboxylic acids is 3. The van der Waals surface area contributed by atoms with Gasteiger partial charge < -0.3 is 30.9 Å². The first kappa shape index (κ1) is 23.6. The molecule has 1 unspecified atom stereocenters. The number of hydrogen-bond donors (Lipinski definition) is 4. The molecular formula is C21H31N3O6. The Balaban J connectivity index is 2.04. The molecule has 3 atom stereocenters. The van der Waals surface area contributed by atoms with E-state index in [4.69, 9.17) is 20.3 Å². The zero-order valence-electron chi connectivity index (χ0n) is 17.3. The van der Waals surface area contributed by atoms with E-state index >= 15 is 0 Å². The second kappa shape index (κ2) is 12.1. The van der Waals surface area contributed by atoms with Gasteiger partial charge >= 0.3 is 5.97 Å². The SMILES string of the molecule is COC(=O)[C@@H]1CCCC1NC(=O)[C@H](CCCN)NC(=O)c1cccc(OCCO)c1. The average molecular weight is 421 g/mol. The fourth-order valence-corrected chi connectivity index (χ4v) is 3.57. The van der Waals surface area contributed by atoms with Crippen molar-refractivity contribution in [1.82, 2.24) is 10.6 Å². The third-order valence-electron chi connectivity index (χ3n) is 5.12. The molecule has 9 nitrogen and oxygen atoms in total. The lowest BCUT2D eigenvalue weighted by Crippen LogP contribution is -2.51. The van der Waals surface area contributed by atoms with E-state index in [1.807, 2.05) is 0 Å². The Morgan fingerprint density at radius 3 is 2.80 bits per heavy atom. The Labute approximate surface area is 176 Å². The lowest BCUT2D eigenvalue weighted by Gasteiger charge is -2.24. The number of nitrogens with two attached hydrogens (primary N) is 1. The van der Waals surface area contributed by atoms with Crippen molar-refractivity contribution in [3.05, 3.63) is 29.8 Å². The predicted octanol–water partition coefficient (Wildman–Crippen LogP) is 0.353. The van der Waals surface area contributed by atoms with Gasteiger partial charge in [0.25, 0.3) is 5.91 Å². The van der Waals surface area contributed by atoms with E-state index in [0.29, 0.717) is 43.5 Å². The Bertz CT molecular complexity index is 726. The average Bonchev–Trinajstić information content (AvgIpc) is 3.22. The largest absolute Gasteiger partial charge is 0.491 e. The van der Waals surface area contributed by atoms with Gasteiger partial charge in [-0.15, -0.1) is 0 Å². The molecule has 9 heteroatoms. The van der Waals surface area contributed by atoms with Crippen LogP contribution in [-0.4, -0.2) is 61.8 Å². The molecule has 30 heavy (non-hydrogen) atoms. The highest BCUT2D eigenvalue weighted by molar-refractivity contribution is 5.98. The van der Waals surface area contributed by atoms with Crippen LogP contribution >= 0.6 is 0 Å². The highest BCUT2D eigenvalue weighted by Gasteiger charge is 2.36. The Hall–Kier alpha value is -2.65. The first-order valence-corrected chi connectivity index (χ1v) is 10.2. The monoisotopic (exact) mass is 421 g/mol. The molecule has 2 rings (SSSR count). The molecular weight excluding hydrogens is 390 g/mol. The maximum absolute atomic E-state index is 12.9. The van der Waals surface area contributed by atoms with Gasteiger partial charge in [-0.05, 0) is 50.4 Å². The maximum Gasteiger partial charge on any atom is 0.310 e. The number of nitrogens with one attached hydrogen (secondary N) is 2. The van der Waals surface area contributed by atoms with Gasteiger partial charge in [0.2, 0.25) is 5.91 Å². The first-order chi connectivity index (χ1) is 14.5. The van der Waals surface area contributed by atoms with Crippen molar-refractivity contribution in [2.24, 2.45) is 11.7 Å². The summed E-state index contributed by atoms with van der Waals surface area (Å²) >= 11 is 0. The third kappa shape index (κ3) is 6.70. The molecule has 1 aliphatic carbocycles. The number of rotatable bonds is 11. The highest BCUT2D eigenvalue weighted by Crippen LogP contribution is 2.27. The fraction of sp³-hybridized carbons (Fsp3) is 0.571. The number of aliphatic hydroxyl groups is 1. The molecule has 0 heterocycles. The quantitative estimate of drug-likeness (QED) is 0.378. The van der Waals surface area contributed by atoms with E-state index in [-0.39, 0.29) is 37.0 Å². The van der Waals surface area contributed by atoms with Crippen LogP contribution in [0.1, 0.15) is 42.5 Å². The van der Waals surface area contributed by atoms with Crippen molar-refractivity contribution in [2.45, 2.75) is 44.2 Å². The number of benzene rings is 1. The van der Waals surface area contributed by atoms with E-state index in [9.17, 15) is 14.4 Å². The van der Waals surface area contributed by atoms with Crippen molar-refractivity contribution in [3.8, 4) is 5.75 Å². The van der Waals surface area contributed by atoms with Gasteiger partial charge in [0.05, 0.1) is 19.6 Å². The van der Waals surface area contributed by atoms with Gasteiger partial charge in [0.1, 0.15) is 18.4 Å². The standard InChI is InChI=1S/C21H31N3O6/c1-29-21(28)16-7-3-8-17(16)23-20(27)18(9-4-10-22)24-19(26)14-5-2-6-15(13-14)30-12-11-25/h2,5-6,13,16-18,25H,3-4,7-12,22H2,1H3,(H,23,27)(H,24,26)/t16-,17?,18+/m1/s1. The lowest BCUT2D eigenvalue weighted by molar-refractivity contribution is -0.146. The van der Waals surface area contributed by atoms with E-state index in [0.717, 1.165) is 6.42 Å². The minimum absolute atomic E-state index is 0.120. The summed E-state index contributed by atoms with van der Waals surface area (Å²) in [6.07, 6.45) is 3.12. The second-order valence-electron chi connectivity index (χ2n) is 7.23. The summed E-state index contributed by atoms with van der Waals surface area (Å²) in [6, 6.07) is 5.42. The van der Waals surface area contributed by atoms with Gasteiger partial charge in [0.15, 0.2) is 0 Å². The van der Waals surface area contributed by atoms with Crippen molar-refractivity contribution in [2.75, 3.05) is 26.9 Å². The molecule has 0 radical (unpaired) electrons. The predicted molar refractivity (Wildman–Crippen MR) is 110 cm³/mol. The van der Waals surface area contributed by atoms with Gasteiger partial charge in [-0.25, -0.2) is 0 Å². The zero-order valence-corrected chi connectivity index (χ0v) is 17.3. The van der Waals surface area contributed by atoms with Gasteiger partial charge in [-0.1, -0.05) is 12.5 Å². The van der Waals surface area contributed by atoms with Crippen LogP contribution in [0.25, 0.3) is 0 Å². The molecule has 1 aliphatic rings. The fourth-order valence-electron chi connectivity index (χ4n) is 3.57. The topological polar surface area (TPSA) is 140 Å². The summed E-state index contributed by atoms with van der Waals surface area (Å²) in [6.45, 7) is 0.374. The molecule has 0 bridgehead atoms. The third-order valence-corrected chi connectivity index (χ3v) is 5.12. The summed E-state index contributed by atoms with van der Waals surface area (Å²) < 4.78 is 10.2. The summed E-state index contributed by atoms with van der Waals surface area (Å²) in [5.74, 6) is -1.01. The van der Waals surface area contributed by atoms with Crippen molar-refractivity contribution < 1.29 is 29.0 Å². The number of hydrogen-bond acceptors (Lipinski definition) is 7. The van der Waals surface area contributed by atoms with Crippen LogP contribution in [0.3, 0.4) is 0 Å². The number of carbonyl (C=O) groups is 3. The van der Waals surface area contributed by atoms with Gasteiger partial charge in [-0.3, -0.25) is 14.4 Å². The molecule has 5 N–H and O–H groups in total. The van der Waals surface area contributed by atoms with E-state index < -0.39 is 11.9 Å². The summed E-state index contributed by atoms with van der Waals surface area (Å²) in [7, 11) is 1.34. The van der Waals surface area contributed by atoms with Crippen LogP contribution < -0.4 is 21.1 Å². The molecule has 1 fully saturated rings. The van der Waals surface area contributed by atoms with Crippen molar-refractivity contribution in [1.29, 1.82) is 0 Å². The molecule has 166 valence electrons. The van der Waals surface area contributed by atoms with Crippen molar-refractivity contribution in [3.63, 3.8) is 0 Å². The molecule has 1 aromatic carbocycles. The second-order valence-corrected chi connectivity index (χ2v) is 7.23. The molecule has 1 saturated carbocycles. The minimum atomic E-state index is -0.776. The number of methoxy groups -OCH3 is 1. The number of esters is 1. The van der Waals surface area contributed by atoms with Crippen LogP contribution in [0.4, 0.5) is 0 Å². The smallest absolute Gasteiger partial charge is 0.310 e. The first-order valence-electron chi connectivity index (χ1n) is 10.2. The highest BCUT2D eigenvalue weighted by atomic mass is 16.5. The van der Waals surface area contributed by atoms with Crippen molar-refractivity contribution >= 4 is 17.8 Å². The van der Waals surface area contributed by atoms with E-state index in [2.05, 4.69) is 10.6 Å². The number of aliphatic hydroxyl groups excluding tert-OH is 1. The molecule has 2 amide bonds. The lowest BCUT2D eigenvalue weighted by atomic mass is 10.0. The van der Waals surface area contributed by atoms with Crippen LogP contribution in [-0.2, 0) is 14.3 Å². The molecule has 0 aromatic heterocycles.